The van der Waals surface area contributed by atoms with Crippen LogP contribution in [0.2, 0.25) is 5.02 Å². The van der Waals surface area contributed by atoms with E-state index in [-0.39, 0.29) is 5.56 Å². The highest BCUT2D eigenvalue weighted by Crippen LogP contribution is 2.32. The summed E-state index contributed by atoms with van der Waals surface area (Å²) < 4.78 is 8.89. The molecule has 2 aromatic heterocycles. The summed E-state index contributed by atoms with van der Waals surface area (Å²) in [5.74, 6) is 1.44. The van der Waals surface area contributed by atoms with Crippen molar-refractivity contribution in [1.29, 1.82) is 0 Å². The molecule has 2 heterocycles. The normalized spacial score (nSPS) is 11.2. The van der Waals surface area contributed by atoms with E-state index in [9.17, 15) is 4.79 Å². The molecule has 0 aliphatic heterocycles. The van der Waals surface area contributed by atoms with Crippen LogP contribution in [-0.4, -0.2) is 28.3 Å². The molecular weight excluding hydrogens is 424 g/mol. The predicted octanol–water partition coefficient (Wildman–Crippen LogP) is 5.31. The van der Waals surface area contributed by atoms with E-state index in [4.69, 9.17) is 21.3 Å². The van der Waals surface area contributed by atoms with Crippen molar-refractivity contribution in [2.24, 2.45) is 7.05 Å². The molecule has 0 fully saturated rings. The van der Waals surface area contributed by atoms with Crippen LogP contribution in [0.15, 0.2) is 77.6 Å². The maximum absolute atomic E-state index is 13.7. The molecule has 0 atom stereocenters. The van der Waals surface area contributed by atoms with Crippen LogP contribution < -0.4 is 15.2 Å². The minimum Gasteiger partial charge on any atom is -0.497 e. The summed E-state index contributed by atoms with van der Waals surface area (Å²) in [4.78, 5) is 20.4. The molecule has 6 nitrogen and oxygen atoms in total. The van der Waals surface area contributed by atoms with Crippen LogP contribution in [0, 0.1) is 0 Å². The van der Waals surface area contributed by atoms with Crippen molar-refractivity contribution in [1.82, 2.24) is 14.1 Å². The topological polar surface area (TPSA) is 52.3 Å². The first-order valence-corrected chi connectivity index (χ1v) is 10.5. The van der Waals surface area contributed by atoms with Gasteiger partial charge < -0.3 is 14.2 Å². The van der Waals surface area contributed by atoms with Crippen LogP contribution in [0.4, 0.5) is 11.6 Å². The Morgan fingerprint density at radius 1 is 1.00 bits per heavy atom. The van der Waals surface area contributed by atoms with Gasteiger partial charge in [-0.1, -0.05) is 29.8 Å². The number of aromatic nitrogens is 3. The number of para-hydroxylation sites is 1. The number of pyridine rings is 1. The minimum absolute atomic E-state index is 0.189. The third-order valence-corrected chi connectivity index (χ3v) is 5.94. The quantitative estimate of drug-likeness (QED) is 0.377. The number of imidazole rings is 1. The van der Waals surface area contributed by atoms with E-state index in [2.05, 4.69) is 0 Å². The van der Waals surface area contributed by atoms with Crippen molar-refractivity contribution in [2.75, 3.05) is 19.1 Å². The molecule has 3 aromatic carbocycles. The van der Waals surface area contributed by atoms with Gasteiger partial charge in [-0.2, -0.15) is 0 Å². The minimum atomic E-state index is -0.189. The summed E-state index contributed by atoms with van der Waals surface area (Å²) in [5, 5.41) is 1.47. The number of halogens is 1. The Labute approximate surface area is 189 Å². The van der Waals surface area contributed by atoms with Gasteiger partial charge in [0.05, 0.1) is 18.1 Å². The van der Waals surface area contributed by atoms with Gasteiger partial charge in [0.25, 0.3) is 5.56 Å². The van der Waals surface area contributed by atoms with Crippen molar-refractivity contribution in [3.05, 3.63) is 88.2 Å². The third-order valence-electron chi connectivity index (χ3n) is 5.71. The molecule has 0 saturated heterocycles. The second-order valence-electron chi connectivity index (χ2n) is 7.56. The summed E-state index contributed by atoms with van der Waals surface area (Å²) in [7, 11) is 5.49. The highest BCUT2D eigenvalue weighted by atomic mass is 35.5. The van der Waals surface area contributed by atoms with Crippen LogP contribution in [0.25, 0.3) is 27.6 Å². The molecule has 0 N–H and O–H groups in total. The number of anilines is 2. The Balaban J connectivity index is 1.81. The van der Waals surface area contributed by atoms with Gasteiger partial charge in [0.1, 0.15) is 5.75 Å². The van der Waals surface area contributed by atoms with E-state index in [0.29, 0.717) is 16.5 Å². The highest BCUT2D eigenvalue weighted by Gasteiger charge is 2.21. The summed E-state index contributed by atoms with van der Waals surface area (Å²) in [5.41, 5.74) is 3.42. The molecule has 0 saturated carbocycles. The Kier molecular flexibility index (Phi) is 4.87. The van der Waals surface area contributed by atoms with Crippen molar-refractivity contribution >= 4 is 45.2 Å². The maximum atomic E-state index is 13.7. The molecule has 0 bridgehead atoms. The lowest BCUT2D eigenvalue weighted by Gasteiger charge is -2.18. The largest absolute Gasteiger partial charge is 0.497 e. The molecule has 0 unspecified atom stereocenters. The molecule has 0 radical (unpaired) electrons. The van der Waals surface area contributed by atoms with E-state index >= 15 is 0 Å². The number of hydrogen-bond acceptors (Lipinski definition) is 4. The number of fused-ring (bicyclic) bond motifs is 3. The highest BCUT2D eigenvalue weighted by molar-refractivity contribution is 6.31. The van der Waals surface area contributed by atoms with Gasteiger partial charge in [-0.25, -0.2) is 4.98 Å². The monoisotopic (exact) mass is 444 g/mol. The lowest BCUT2D eigenvalue weighted by atomic mass is 10.1. The van der Waals surface area contributed by atoms with Gasteiger partial charge in [-0.15, -0.1) is 0 Å². The molecule has 0 spiro atoms. The Hall–Kier alpha value is -3.77. The standard InChI is InChI=1S/C25H21ClN4O2/c1-28(17-10-12-19(32-3)13-11-17)25-27-22-23(29(25)2)20-14-9-16(26)15-21(20)30(24(22)31)18-7-5-4-6-8-18/h4-15H,1-3H3. The average Bonchev–Trinajstić information content (AvgIpc) is 3.17. The van der Waals surface area contributed by atoms with E-state index < -0.39 is 0 Å². The van der Waals surface area contributed by atoms with Gasteiger partial charge in [0.2, 0.25) is 5.95 Å². The smallest absolute Gasteiger partial charge is 0.283 e. The summed E-state index contributed by atoms with van der Waals surface area (Å²) >= 11 is 6.33. The zero-order chi connectivity index (χ0) is 22.4. The summed E-state index contributed by atoms with van der Waals surface area (Å²) in [6, 6.07) is 22.9. The van der Waals surface area contributed by atoms with Gasteiger partial charge in [-0.3, -0.25) is 9.36 Å². The first-order valence-electron chi connectivity index (χ1n) is 10.1. The molecule has 0 aliphatic rings. The predicted molar refractivity (Wildman–Crippen MR) is 130 cm³/mol. The van der Waals surface area contributed by atoms with Gasteiger partial charge in [0, 0.05) is 35.9 Å². The summed E-state index contributed by atoms with van der Waals surface area (Å²) in [6.07, 6.45) is 0. The summed E-state index contributed by atoms with van der Waals surface area (Å²) in [6.45, 7) is 0. The van der Waals surface area contributed by atoms with Crippen LogP contribution in [0.1, 0.15) is 0 Å². The van der Waals surface area contributed by atoms with Crippen molar-refractivity contribution < 1.29 is 4.74 Å². The first kappa shape index (κ1) is 20.2. The first-order chi connectivity index (χ1) is 15.5. The lowest BCUT2D eigenvalue weighted by molar-refractivity contribution is 0.415. The van der Waals surface area contributed by atoms with Crippen LogP contribution >= 0.6 is 11.6 Å². The molecule has 0 amide bonds. The SMILES string of the molecule is COc1ccc(N(C)c2nc3c(=O)n(-c4ccccc4)c4cc(Cl)ccc4c3n2C)cc1. The maximum Gasteiger partial charge on any atom is 0.283 e. The fourth-order valence-corrected chi connectivity index (χ4v) is 4.27. The van der Waals surface area contributed by atoms with Gasteiger partial charge >= 0.3 is 0 Å². The number of rotatable bonds is 4. The third kappa shape index (κ3) is 3.11. The van der Waals surface area contributed by atoms with Crippen LogP contribution in [-0.2, 0) is 7.05 Å². The zero-order valence-electron chi connectivity index (χ0n) is 17.9. The van der Waals surface area contributed by atoms with E-state index in [1.807, 2.05) is 96.4 Å². The lowest BCUT2D eigenvalue weighted by Crippen LogP contribution is -2.19. The molecule has 32 heavy (non-hydrogen) atoms. The van der Waals surface area contributed by atoms with Crippen LogP contribution in [0.3, 0.4) is 0 Å². The van der Waals surface area contributed by atoms with Gasteiger partial charge in [0.15, 0.2) is 5.52 Å². The number of ether oxygens (including phenoxy) is 1. The molecule has 7 heteroatoms. The van der Waals surface area contributed by atoms with E-state index in [0.717, 1.165) is 33.5 Å². The molecule has 5 rings (SSSR count). The van der Waals surface area contributed by atoms with E-state index in [1.165, 1.54) is 0 Å². The zero-order valence-corrected chi connectivity index (χ0v) is 18.7. The Morgan fingerprint density at radius 2 is 1.72 bits per heavy atom. The fraction of sp³-hybridized carbons (Fsp3) is 0.120. The fourth-order valence-electron chi connectivity index (χ4n) is 4.10. The molecule has 0 aliphatic carbocycles. The second kappa shape index (κ2) is 7.73. The number of benzene rings is 3. The van der Waals surface area contributed by atoms with Crippen LogP contribution in [0.5, 0.6) is 5.75 Å². The second-order valence-corrected chi connectivity index (χ2v) is 8.00. The average molecular weight is 445 g/mol. The van der Waals surface area contributed by atoms with E-state index in [1.54, 1.807) is 11.7 Å². The Bertz CT molecular complexity index is 1510. The number of nitrogens with zero attached hydrogens (tertiary/aromatic N) is 4. The van der Waals surface area contributed by atoms with Gasteiger partial charge in [-0.05, 0) is 54.6 Å². The number of hydrogen-bond donors (Lipinski definition) is 0. The van der Waals surface area contributed by atoms with Crippen molar-refractivity contribution in [3.8, 4) is 11.4 Å². The Morgan fingerprint density at radius 3 is 2.41 bits per heavy atom. The number of methoxy groups -OCH3 is 1. The number of aryl methyl sites for hydroxylation is 1. The van der Waals surface area contributed by atoms with Crippen molar-refractivity contribution in [3.63, 3.8) is 0 Å². The molecular formula is C25H21ClN4O2. The molecule has 160 valence electrons. The molecule has 5 aromatic rings. The van der Waals surface area contributed by atoms with Crippen molar-refractivity contribution in [2.45, 2.75) is 0 Å².